The minimum Gasteiger partial charge on any atom is -0.366 e. The fourth-order valence-corrected chi connectivity index (χ4v) is 4.34. The van der Waals surface area contributed by atoms with Crippen LogP contribution in [0.4, 0.5) is 20.7 Å². The summed E-state index contributed by atoms with van der Waals surface area (Å²) < 4.78 is 26.1. The molecule has 0 spiro atoms. The van der Waals surface area contributed by atoms with Crippen molar-refractivity contribution < 1.29 is 8.78 Å². The Morgan fingerprint density at radius 1 is 0.452 bits per heavy atom. The van der Waals surface area contributed by atoms with Gasteiger partial charge < -0.3 is 11.5 Å². The van der Waals surface area contributed by atoms with Crippen LogP contribution in [0.5, 0.6) is 0 Å². The lowest BCUT2D eigenvalue weighted by Gasteiger charge is -2.08. The second-order valence-electron chi connectivity index (χ2n) is 8.77. The lowest BCUT2D eigenvalue weighted by Crippen LogP contribution is -2.02. The first-order valence-electron chi connectivity index (χ1n) is 12.3. The molecule has 4 aromatic carbocycles. The number of aromatic nitrogens is 6. The zero-order valence-corrected chi connectivity index (χ0v) is 23.1. The molecular formula is C30H20Cl2F2N8. The topological polar surface area (TPSA) is 129 Å². The summed E-state index contributed by atoms with van der Waals surface area (Å²) in [7, 11) is 0. The SMILES string of the molecule is Nc1nnc(-c2cccc(Cl)c2)c(-c2ccc(F)cc2)n1.Nc1nnc(-c2cccc(Cl)c2)c(-c2ccc(F)cc2)n1. The Kier molecular flexibility index (Phi) is 8.56. The highest BCUT2D eigenvalue weighted by Gasteiger charge is 2.14. The fourth-order valence-electron chi connectivity index (χ4n) is 3.96. The standard InChI is InChI=1S/2C15H10ClFN4/c2*16-11-3-1-2-10(8-11)14-13(19-15(18)21-20-14)9-4-6-12(17)7-5-9/h2*1-8H,(H2,18,19,21). The van der Waals surface area contributed by atoms with Crippen LogP contribution in [0.3, 0.4) is 0 Å². The van der Waals surface area contributed by atoms with Gasteiger partial charge in [0.1, 0.15) is 34.4 Å². The highest BCUT2D eigenvalue weighted by Crippen LogP contribution is 2.31. The molecule has 0 radical (unpaired) electrons. The van der Waals surface area contributed by atoms with E-state index < -0.39 is 0 Å². The van der Waals surface area contributed by atoms with Gasteiger partial charge in [-0.1, -0.05) is 47.5 Å². The second-order valence-corrected chi connectivity index (χ2v) is 9.64. The highest BCUT2D eigenvalue weighted by atomic mass is 35.5. The molecule has 2 aromatic heterocycles. The largest absolute Gasteiger partial charge is 0.366 e. The number of rotatable bonds is 4. The van der Waals surface area contributed by atoms with Crippen LogP contribution in [-0.2, 0) is 0 Å². The minimum absolute atomic E-state index is 0.0557. The van der Waals surface area contributed by atoms with Crippen LogP contribution < -0.4 is 11.5 Å². The number of hydrogen-bond acceptors (Lipinski definition) is 8. The number of anilines is 2. The van der Waals surface area contributed by atoms with Gasteiger partial charge in [0.05, 0.1) is 0 Å². The van der Waals surface area contributed by atoms with Crippen LogP contribution in [0, 0.1) is 11.6 Å². The van der Waals surface area contributed by atoms with E-state index in [1.165, 1.54) is 24.3 Å². The van der Waals surface area contributed by atoms with E-state index in [2.05, 4.69) is 30.4 Å². The molecule has 0 fully saturated rings. The van der Waals surface area contributed by atoms with Crippen LogP contribution in [0.1, 0.15) is 0 Å². The summed E-state index contributed by atoms with van der Waals surface area (Å²) in [6.45, 7) is 0. The Morgan fingerprint density at radius 2 is 0.833 bits per heavy atom. The Morgan fingerprint density at radius 3 is 1.19 bits per heavy atom. The van der Waals surface area contributed by atoms with Crippen LogP contribution in [-0.4, -0.2) is 30.4 Å². The quantitative estimate of drug-likeness (QED) is 0.218. The van der Waals surface area contributed by atoms with Gasteiger partial charge in [-0.15, -0.1) is 20.4 Å². The fraction of sp³-hybridized carbons (Fsp3) is 0. The van der Waals surface area contributed by atoms with Gasteiger partial charge in [0.25, 0.3) is 0 Å². The lowest BCUT2D eigenvalue weighted by molar-refractivity contribution is 0.627. The van der Waals surface area contributed by atoms with Crippen molar-refractivity contribution in [1.29, 1.82) is 0 Å². The number of halogens is 4. The Bertz CT molecular complexity index is 1720. The van der Waals surface area contributed by atoms with E-state index >= 15 is 0 Å². The Labute approximate surface area is 249 Å². The molecule has 12 heteroatoms. The van der Waals surface area contributed by atoms with Crippen molar-refractivity contribution in [2.24, 2.45) is 0 Å². The molecule has 0 saturated carbocycles. The Balaban J connectivity index is 0.000000168. The van der Waals surface area contributed by atoms with Crippen molar-refractivity contribution in [3.8, 4) is 45.0 Å². The number of hydrogen-bond donors (Lipinski definition) is 2. The van der Waals surface area contributed by atoms with Crippen molar-refractivity contribution in [3.05, 3.63) is 119 Å². The highest BCUT2D eigenvalue weighted by molar-refractivity contribution is 6.31. The number of nitrogens with two attached hydrogens (primary N) is 2. The molecular weight excluding hydrogens is 581 g/mol. The molecule has 42 heavy (non-hydrogen) atoms. The van der Waals surface area contributed by atoms with Crippen LogP contribution in [0.2, 0.25) is 10.0 Å². The van der Waals surface area contributed by atoms with Crippen molar-refractivity contribution in [1.82, 2.24) is 30.4 Å². The van der Waals surface area contributed by atoms with E-state index in [0.29, 0.717) is 43.9 Å². The van der Waals surface area contributed by atoms with Crippen molar-refractivity contribution >= 4 is 35.1 Å². The first-order chi connectivity index (χ1) is 20.3. The third-order valence-electron chi connectivity index (χ3n) is 5.84. The molecule has 6 rings (SSSR count). The van der Waals surface area contributed by atoms with Gasteiger partial charge in [0.2, 0.25) is 11.9 Å². The first-order valence-corrected chi connectivity index (χ1v) is 13.1. The van der Waals surface area contributed by atoms with Crippen LogP contribution in [0.15, 0.2) is 97.1 Å². The minimum atomic E-state index is -0.321. The molecule has 0 aliphatic heterocycles. The zero-order chi connectivity index (χ0) is 29.6. The molecule has 0 bridgehead atoms. The predicted octanol–water partition coefficient (Wildman–Crippen LogP) is 7.16. The van der Waals surface area contributed by atoms with Gasteiger partial charge in [-0.3, -0.25) is 0 Å². The molecule has 4 N–H and O–H groups in total. The van der Waals surface area contributed by atoms with E-state index in [4.69, 9.17) is 34.7 Å². The van der Waals surface area contributed by atoms with Gasteiger partial charge in [0, 0.05) is 32.3 Å². The third-order valence-corrected chi connectivity index (χ3v) is 6.31. The van der Waals surface area contributed by atoms with E-state index in [-0.39, 0.29) is 23.5 Å². The average Bonchev–Trinajstić information content (AvgIpc) is 2.98. The summed E-state index contributed by atoms with van der Waals surface area (Å²) >= 11 is 12.0. The summed E-state index contributed by atoms with van der Waals surface area (Å²) in [4.78, 5) is 8.44. The number of nitrogen functional groups attached to an aromatic ring is 2. The van der Waals surface area contributed by atoms with Gasteiger partial charge in [-0.25, -0.2) is 18.7 Å². The van der Waals surface area contributed by atoms with Gasteiger partial charge in [-0.2, -0.15) is 0 Å². The van der Waals surface area contributed by atoms with Crippen molar-refractivity contribution in [2.75, 3.05) is 11.5 Å². The molecule has 0 atom stereocenters. The monoisotopic (exact) mass is 600 g/mol. The van der Waals surface area contributed by atoms with E-state index in [9.17, 15) is 8.78 Å². The van der Waals surface area contributed by atoms with E-state index in [1.54, 1.807) is 48.5 Å². The van der Waals surface area contributed by atoms with Crippen molar-refractivity contribution in [3.63, 3.8) is 0 Å². The molecule has 0 aliphatic carbocycles. The van der Waals surface area contributed by atoms with Crippen LogP contribution in [0.25, 0.3) is 45.0 Å². The molecule has 0 unspecified atom stereocenters. The first kappa shape index (κ1) is 28.5. The lowest BCUT2D eigenvalue weighted by atomic mass is 10.0. The molecule has 208 valence electrons. The summed E-state index contributed by atoms with van der Waals surface area (Å²) in [5.74, 6) is -0.531. The molecule has 2 heterocycles. The number of benzene rings is 4. The molecule has 0 amide bonds. The average molecular weight is 601 g/mol. The van der Waals surface area contributed by atoms with Crippen molar-refractivity contribution in [2.45, 2.75) is 0 Å². The number of nitrogens with zero attached hydrogens (tertiary/aromatic N) is 6. The van der Waals surface area contributed by atoms with E-state index in [0.717, 1.165) is 11.1 Å². The summed E-state index contributed by atoms with van der Waals surface area (Å²) in [6, 6.07) is 26.3. The summed E-state index contributed by atoms with van der Waals surface area (Å²) in [5.41, 5.74) is 16.3. The maximum atomic E-state index is 13.1. The predicted molar refractivity (Wildman–Crippen MR) is 160 cm³/mol. The second kappa shape index (κ2) is 12.6. The third kappa shape index (κ3) is 6.80. The van der Waals surface area contributed by atoms with Crippen LogP contribution >= 0.6 is 23.2 Å². The zero-order valence-electron chi connectivity index (χ0n) is 21.6. The Hall–Kier alpha value is -5.06. The van der Waals surface area contributed by atoms with E-state index in [1.807, 2.05) is 24.3 Å². The molecule has 0 saturated heterocycles. The maximum Gasteiger partial charge on any atom is 0.240 e. The summed E-state index contributed by atoms with van der Waals surface area (Å²) in [5, 5.41) is 16.9. The summed E-state index contributed by atoms with van der Waals surface area (Å²) in [6.07, 6.45) is 0. The molecule has 8 nitrogen and oxygen atoms in total. The van der Waals surface area contributed by atoms with Gasteiger partial charge in [0.15, 0.2) is 0 Å². The normalized spacial score (nSPS) is 10.6. The van der Waals surface area contributed by atoms with Gasteiger partial charge in [-0.05, 0) is 72.8 Å². The maximum absolute atomic E-state index is 13.1. The van der Waals surface area contributed by atoms with Gasteiger partial charge >= 0.3 is 0 Å². The molecule has 0 aliphatic rings. The molecule has 6 aromatic rings. The smallest absolute Gasteiger partial charge is 0.240 e.